The Labute approximate surface area is 119 Å². The number of hydrogen-bond acceptors (Lipinski definition) is 4. The molecule has 94 valence electrons. The number of thiazole rings is 1. The summed E-state index contributed by atoms with van der Waals surface area (Å²) in [4.78, 5) is 7.83. The average molecular weight is 300 g/mol. The third-order valence-electron chi connectivity index (χ3n) is 2.98. The highest BCUT2D eigenvalue weighted by Crippen LogP contribution is 2.32. The zero-order chi connectivity index (χ0) is 12.7. The molecular weight excluding hydrogens is 289 g/mol. The molecule has 0 amide bonds. The Morgan fingerprint density at radius 3 is 2.67 bits per heavy atom. The van der Waals surface area contributed by atoms with Crippen LogP contribution in [0.15, 0.2) is 18.2 Å². The van der Waals surface area contributed by atoms with Crippen LogP contribution in [-0.2, 0) is 19.6 Å². The summed E-state index contributed by atoms with van der Waals surface area (Å²) >= 11 is 13.9. The Morgan fingerprint density at radius 1 is 1.28 bits per heavy atom. The summed E-state index contributed by atoms with van der Waals surface area (Å²) in [7, 11) is 0. The van der Waals surface area contributed by atoms with Gasteiger partial charge in [-0.2, -0.15) is 0 Å². The molecule has 0 spiro atoms. The highest BCUT2D eigenvalue weighted by molar-refractivity contribution is 7.15. The van der Waals surface area contributed by atoms with E-state index in [4.69, 9.17) is 28.9 Å². The van der Waals surface area contributed by atoms with Crippen molar-refractivity contribution in [3.05, 3.63) is 44.4 Å². The quantitative estimate of drug-likeness (QED) is 0.922. The van der Waals surface area contributed by atoms with Gasteiger partial charge in [0.1, 0.15) is 0 Å². The molecular formula is C12H11Cl2N3S. The van der Waals surface area contributed by atoms with Gasteiger partial charge in [0.2, 0.25) is 0 Å². The van der Waals surface area contributed by atoms with Gasteiger partial charge < -0.3 is 5.73 Å². The zero-order valence-electron chi connectivity index (χ0n) is 9.49. The van der Waals surface area contributed by atoms with Gasteiger partial charge in [-0.25, -0.2) is 4.98 Å². The number of aromatic nitrogens is 1. The lowest BCUT2D eigenvalue weighted by molar-refractivity contribution is 0.275. The monoisotopic (exact) mass is 299 g/mol. The lowest BCUT2D eigenvalue weighted by atomic mass is 10.2. The van der Waals surface area contributed by atoms with E-state index in [1.54, 1.807) is 11.3 Å². The van der Waals surface area contributed by atoms with Crippen LogP contribution >= 0.6 is 34.5 Å². The molecule has 0 unspecified atom stereocenters. The summed E-state index contributed by atoms with van der Waals surface area (Å²) in [6.45, 7) is 2.41. The maximum atomic E-state index is 6.17. The number of nitrogen functional groups attached to an aromatic ring is 1. The second-order valence-corrected chi connectivity index (χ2v) is 6.20. The average Bonchev–Trinajstić information content (AvgIpc) is 2.80. The van der Waals surface area contributed by atoms with E-state index in [1.165, 1.54) is 4.88 Å². The standard InChI is InChI=1S/C12H11Cl2N3S/c13-8-2-1-3-9(14)7(8)4-17-5-10-11(6-17)18-12(15)16-10/h1-3H,4-6H2,(H2,15,16). The first-order valence-corrected chi connectivity index (χ1v) is 7.10. The van der Waals surface area contributed by atoms with Gasteiger partial charge in [-0.3, -0.25) is 4.90 Å². The second-order valence-electron chi connectivity index (χ2n) is 4.27. The minimum absolute atomic E-state index is 0.649. The highest BCUT2D eigenvalue weighted by atomic mass is 35.5. The van der Waals surface area contributed by atoms with Gasteiger partial charge in [0, 0.05) is 40.1 Å². The third kappa shape index (κ3) is 2.21. The third-order valence-corrected chi connectivity index (χ3v) is 4.60. The fourth-order valence-corrected chi connectivity index (χ4v) is 3.54. The Kier molecular flexibility index (Phi) is 3.20. The van der Waals surface area contributed by atoms with Crippen LogP contribution in [0.2, 0.25) is 10.0 Å². The molecule has 0 radical (unpaired) electrons. The summed E-state index contributed by atoms with van der Waals surface area (Å²) in [6.07, 6.45) is 0. The van der Waals surface area contributed by atoms with Crippen LogP contribution in [0.4, 0.5) is 5.13 Å². The predicted octanol–water partition coefficient (Wildman–Crippen LogP) is 3.55. The lowest BCUT2D eigenvalue weighted by Crippen LogP contribution is -2.16. The van der Waals surface area contributed by atoms with Crippen molar-refractivity contribution < 1.29 is 0 Å². The molecule has 6 heteroatoms. The number of nitrogens with two attached hydrogens (primary N) is 1. The fourth-order valence-electron chi connectivity index (χ4n) is 2.14. The Balaban J connectivity index is 1.78. The van der Waals surface area contributed by atoms with E-state index in [-0.39, 0.29) is 0 Å². The van der Waals surface area contributed by atoms with Gasteiger partial charge in [0.15, 0.2) is 5.13 Å². The Morgan fingerprint density at radius 2 is 2.00 bits per heavy atom. The lowest BCUT2D eigenvalue weighted by Gasteiger charge is -2.16. The summed E-state index contributed by atoms with van der Waals surface area (Å²) in [5.74, 6) is 0. The van der Waals surface area contributed by atoms with Crippen molar-refractivity contribution in [1.29, 1.82) is 0 Å². The van der Waals surface area contributed by atoms with Gasteiger partial charge >= 0.3 is 0 Å². The first kappa shape index (κ1) is 12.2. The van der Waals surface area contributed by atoms with E-state index in [0.717, 1.165) is 30.9 Å². The topological polar surface area (TPSA) is 42.1 Å². The molecule has 1 aliphatic rings. The van der Waals surface area contributed by atoms with Crippen molar-refractivity contribution in [2.45, 2.75) is 19.6 Å². The highest BCUT2D eigenvalue weighted by Gasteiger charge is 2.24. The number of rotatable bonds is 2. The van der Waals surface area contributed by atoms with Gasteiger partial charge in [0.05, 0.1) is 5.69 Å². The molecule has 0 bridgehead atoms. The van der Waals surface area contributed by atoms with E-state index in [0.29, 0.717) is 15.2 Å². The van der Waals surface area contributed by atoms with E-state index in [1.807, 2.05) is 18.2 Å². The summed E-state index contributed by atoms with van der Waals surface area (Å²) in [5, 5.41) is 2.07. The van der Waals surface area contributed by atoms with Crippen molar-refractivity contribution in [3.63, 3.8) is 0 Å². The number of anilines is 1. The predicted molar refractivity (Wildman–Crippen MR) is 75.9 cm³/mol. The molecule has 0 saturated heterocycles. The normalized spacial score (nSPS) is 15.0. The minimum Gasteiger partial charge on any atom is -0.375 e. The molecule has 1 aromatic heterocycles. The maximum Gasteiger partial charge on any atom is 0.180 e. The Hall–Kier alpha value is -0.810. The number of benzene rings is 1. The van der Waals surface area contributed by atoms with Gasteiger partial charge in [0.25, 0.3) is 0 Å². The van der Waals surface area contributed by atoms with Crippen LogP contribution in [0.1, 0.15) is 16.1 Å². The van der Waals surface area contributed by atoms with Crippen molar-refractivity contribution in [1.82, 2.24) is 9.88 Å². The van der Waals surface area contributed by atoms with Gasteiger partial charge in [-0.1, -0.05) is 29.3 Å². The number of halogens is 2. The summed E-state index contributed by atoms with van der Waals surface area (Å²) in [6, 6.07) is 5.59. The van der Waals surface area contributed by atoms with Crippen LogP contribution < -0.4 is 5.73 Å². The van der Waals surface area contributed by atoms with E-state index in [2.05, 4.69) is 9.88 Å². The molecule has 1 aliphatic heterocycles. The van der Waals surface area contributed by atoms with Gasteiger partial charge in [-0.05, 0) is 12.1 Å². The number of nitrogens with zero attached hydrogens (tertiary/aromatic N) is 2. The van der Waals surface area contributed by atoms with Crippen LogP contribution in [0.25, 0.3) is 0 Å². The zero-order valence-corrected chi connectivity index (χ0v) is 11.8. The molecule has 0 saturated carbocycles. The molecule has 3 nitrogen and oxygen atoms in total. The molecule has 2 heterocycles. The van der Waals surface area contributed by atoms with Crippen LogP contribution in [0.5, 0.6) is 0 Å². The minimum atomic E-state index is 0.649. The molecule has 18 heavy (non-hydrogen) atoms. The fraction of sp³-hybridized carbons (Fsp3) is 0.250. The van der Waals surface area contributed by atoms with Crippen molar-refractivity contribution in [2.24, 2.45) is 0 Å². The molecule has 0 atom stereocenters. The molecule has 3 rings (SSSR count). The SMILES string of the molecule is Nc1nc2c(s1)CN(Cc1c(Cl)cccc1Cl)C2. The van der Waals surface area contributed by atoms with Crippen molar-refractivity contribution in [2.75, 3.05) is 5.73 Å². The van der Waals surface area contributed by atoms with E-state index >= 15 is 0 Å². The summed E-state index contributed by atoms with van der Waals surface area (Å²) in [5.41, 5.74) is 7.74. The number of hydrogen-bond donors (Lipinski definition) is 1. The first-order chi connectivity index (χ1) is 8.63. The van der Waals surface area contributed by atoms with Crippen LogP contribution in [-0.4, -0.2) is 9.88 Å². The molecule has 2 aromatic rings. The van der Waals surface area contributed by atoms with E-state index < -0.39 is 0 Å². The Bertz CT molecular complexity index is 553. The van der Waals surface area contributed by atoms with Crippen LogP contribution in [0, 0.1) is 0 Å². The van der Waals surface area contributed by atoms with E-state index in [9.17, 15) is 0 Å². The molecule has 0 aliphatic carbocycles. The maximum absolute atomic E-state index is 6.17. The van der Waals surface area contributed by atoms with Crippen molar-refractivity contribution >= 4 is 39.7 Å². The molecule has 0 fully saturated rings. The van der Waals surface area contributed by atoms with Gasteiger partial charge in [-0.15, -0.1) is 11.3 Å². The summed E-state index contributed by atoms with van der Waals surface area (Å²) < 4.78 is 0. The largest absolute Gasteiger partial charge is 0.375 e. The first-order valence-electron chi connectivity index (χ1n) is 5.53. The smallest absolute Gasteiger partial charge is 0.180 e. The molecule has 2 N–H and O–H groups in total. The van der Waals surface area contributed by atoms with Crippen LogP contribution in [0.3, 0.4) is 0 Å². The number of fused-ring (bicyclic) bond motifs is 1. The molecule has 1 aromatic carbocycles. The second kappa shape index (κ2) is 4.70. The van der Waals surface area contributed by atoms with Crippen molar-refractivity contribution in [3.8, 4) is 0 Å².